The van der Waals surface area contributed by atoms with Gasteiger partial charge in [-0.2, -0.15) is 0 Å². The molecule has 4 aromatic rings. The fraction of sp³-hybridized carbons (Fsp3) is 0.487. The summed E-state index contributed by atoms with van der Waals surface area (Å²) >= 11 is 8.63. The summed E-state index contributed by atoms with van der Waals surface area (Å²) < 4.78 is 29.6. The third-order valence-electron chi connectivity index (χ3n) is 11.7. The van der Waals surface area contributed by atoms with Crippen molar-refractivity contribution in [2.75, 3.05) is 39.3 Å². The number of fused-ring (bicyclic) bond motifs is 1. The quantitative estimate of drug-likeness (QED) is 0.173. The maximum absolute atomic E-state index is 13.4. The summed E-state index contributed by atoms with van der Waals surface area (Å²) in [6, 6.07) is 11.2. The Morgan fingerprint density at radius 2 is 1.80 bits per heavy atom. The maximum atomic E-state index is 13.4. The fourth-order valence-corrected chi connectivity index (χ4v) is 10.6. The summed E-state index contributed by atoms with van der Waals surface area (Å²) in [5, 5.41) is 8.83. The highest BCUT2D eigenvalue weighted by atomic mass is 35.5. The van der Waals surface area contributed by atoms with E-state index in [1.54, 1.807) is 47.2 Å². The molecule has 2 aromatic carbocycles. The number of nitrogens with two attached hydrogens (primary N) is 1. The molecular formula is C39H48ClN7O5S2. The molecule has 1 spiro atoms. The minimum Gasteiger partial charge on any atom is -0.366 e. The van der Waals surface area contributed by atoms with Crippen LogP contribution in [0.4, 0.5) is 0 Å². The number of sulfonamides is 1. The van der Waals surface area contributed by atoms with Crippen LogP contribution in [0.2, 0.25) is 5.02 Å². The van der Waals surface area contributed by atoms with Crippen LogP contribution < -0.4 is 16.4 Å². The maximum Gasteiger partial charge on any atom is 0.270 e. The number of hydrogen-bond acceptors (Lipinski definition) is 8. The average molecular weight is 794 g/mol. The zero-order valence-electron chi connectivity index (χ0n) is 30.7. The van der Waals surface area contributed by atoms with Crippen LogP contribution in [0, 0.1) is 11.3 Å². The second kappa shape index (κ2) is 15.7. The number of aromatic nitrogens is 2. The first-order valence-electron chi connectivity index (χ1n) is 18.7. The van der Waals surface area contributed by atoms with E-state index in [0.717, 1.165) is 72.9 Å². The Morgan fingerprint density at radius 3 is 2.46 bits per heavy atom. The van der Waals surface area contributed by atoms with Gasteiger partial charge in [0.25, 0.3) is 5.91 Å². The van der Waals surface area contributed by atoms with E-state index in [1.807, 2.05) is 24.4 Å². The molecule has 0 bridgehead atoms. The van der Waals surface area contributed by atoms with Gasteiger partial charge in [-0.1, -0.05) is 35.9 Å². The zero-order chi connectivity index (χ0) is 38.2. The SMILES string of the molecule is CC(C)S(=O)(=O)N1CCC(n2cc(-c3cccc(C(N)=O)c3)c3ccc(CNC(=O)C4CC5(CCN(CCNC(=O)c6cscn6)CC5)C4)c(Cl)c32)CC1. The number of amides is 3. The van der Waals surface area contributed by atoms with Gasteiger partial charge in [-0.3, -0.25) is 14.4 Å². The normalized spacial score (nSPS) is 18.6. The van der Waals surface area contributed by atoms with Gasteiger partial charge in [0.15, 0.2) is 0 Å². The molecule has 2 aromatic heterocycles. The third-order valence-corrected chi connectivity index (χ3v) is 15.0. The van der Waals surface area contributed by atoms with Crippen molar-refractivity contribution in [3.63, 3.8) is 0 Å². The van der Waals surface area contributed by atoms with Crippen LogP contribution in [0.25, 0.3) is 22.0 Å². The zero-order valence-corrected chi connectivity index (χ0v) is 33.1. The monoisotopic (exact) mass is 793 g/mol. The van der Waals surface area contributed by atoms with Crippen LogP contribution >= 0.6 is 22.9 Å². The number of carbonyl (C=O) groups is 3. The Morgan fingerprint density at radius 1 is 1.06 bits per heavy atom. The molecule has 4 heterocycles. The van der Waals surface area contributed by atoms with Gasteiger partial charge in [-0.15, -0.1) is 11.3 Å². The Balaban J connectivity index is 1.00. The van der Waals surface area contributed by atoms with Gasteiger partial charge in [-0.05, 0) is 94.1 Å². The topological polar surface area (TPSA) is 160 Å². The summed E-state index contributed by atoms with van der Waals surface area (Å²) in [5.74, 6) is -0.635. The van der Waals surface area contributed by atoms with Crippen LogP contribution in [0.1, 0.15) is 84.8 Å². The summed E-state index contributed by atoms with van der Waals surface area (Å²) in [4.78, 5) is 44.1. The Bertz CT molecular complexity index is 2130. The number of piperidine rings is 2. The molecule has 15 heteroatoms. The summed E-state index contributed by atoms with van der Waals surface area (Å²) in [6.07, 6.45) is 7.14. The first-order valence-corrected chi connectivity index (χ1v) is 21.6. The number of thiazole rings is 1. The Labute approximate surface area is 325 Å². The number of primary amides is 1. The van der Waals surface area contributed by atoms with Crippen LogP contribution in [-0.4, -0.2) is 89.4 Å². The van der Waals surface area contributed by atoms with Crippen molar-refractivity contribution in [1.82, 2.24) is 29.4 Å². The van der Waals surface area contributed by atoms with E-state index in [4.69, 9.17) is 17.3 Å². The molecule has 7 rings (SSSR count). The van der Waals surface area contributed by atoms with E-state index in [-0.39, 0.29) is 29.2 Å². The summed E-state index contributed by atoms with van der Waals surface area (Å²) in [5.41, 5.74) is 11.7. The van der Waals surface area contributed by atoms with Crippen LogP contribution in [0.5, 0.6) is 0 Å². The number of carbonyl (C=O) groups excluding carboxylic acids is 3. The molecule has 2 saturated heterocycles. The fourth-order valence-electron chi connectivity index (χ4n) is 8.42. The number of likely N-dealkylation sites (tertiary alicyclic amines) is 1. The number of nitrogens with one attached hydrogen (secondary N) is 2. The average Bonchev–Trinajstić information content (AvgIpc) is 3.84. The van der Waals surface area contributed by atoms with E-state index in [0.29, 0.717) is 55.3 Å². The number of halogens is 1. The molecule has 3 fully saturated rings. The Hall–Kier alpha value is -3.82. The molecule has 54 heavy (non-hydrogen) atoms. The summed E-state index contributed by atoms with van der Waals surface area (Å²) in [6.45, 7) is 7.82. The van der Waals surface area contributed by atoms with Gasteiger partial charge < -0.3 is 25.8 Å². The van der Waals surface area contributed by atoms with Crippen LogP contribution in [-0.2, 0) is 21.4 Å². The van der Waals surface area contributed by atoms with Crippen LogP contribution in [0.3, 0.4) is 0 Å². The predicted octanol–water partition coefficient (Wildman–Crippen LogP) is 5.43. The second-order valence-electron chi connectivity index (χ2n) is 15.3. The van der Waals surface area contributed by atoms with Gasteiger partial charge in [0.05, 0.1) is 21.3 Å². The number of hydrogen-bond donors (Lipinski definition) is 3. The first-order chi connectivity index (χ1) is 25.8. The number of nitrogens with zero attached hydrogens (tertiary/aromatic N) is 4. The molecule has 0 atom stereocenters. The van der Waals surface area contributed by atoms with E-state index >= 15 is 0 Å². The third kappa shape index (κ3) is 7.81. The van der Waals surface area contributed by atoms with E-state index in [9.17, 15) is 22.8 Å². The molecule has 0 unspecified atom stereocenters. The van der Waals surface area contributed by atoms with Crippen molar-refractivity contribution in [3.8, 4) is 11.1 Å². The lowest BCUT2D eigenvalue weighted by atomic mass is 9.57. The largest absolute Gasteiger partial charge is 0.366 e. The lowest BCUT2D eigenvalue weighted by molar-refractivity contribution is -0.135. The second-order valence-corrected chi connectivity index (χ2v) is 18.9. The molecule has 1 aliphatic carbocycles. The van der Waals surface area contributed by atoms with Crippen molar-refractivity contribution in [3.05, 3.63) is 75.3 Å². The highest BCUT2D eigenvalue weighted by Gasteiger charge is 2.48. The highest BCUT2D eigenvalue weighted by molar-refractivity contribution is 7.89. The van der Waals surface area contributed by atoms with Gasteiger partial charge in [0.1, 0.15) is 5.69 Å². The Kier molecular flexibility index (Phi) is 11.2. The summed E-state index contributed by atoms with van der Waals surface area (Å²) in [7, 11) is -3.36. The lowest BCUT2D eigenvalue weighted by Gasteiger charge is -2.51. The van der Waals surface area contributed by atoms with E-state index in [2.05, 4.69) is 25.1 Å². The lowest BCUT2D eigenvalue weighted by Crippen LogP contribution is -2.51. The first kappa shape index (κ1) is 38.5. The van der Waals surface area contributed by atoms with Crippen molar-refractivity contribution in [2.24, 2.45) is 17.1 Å². The van der Waals surface area contributed by atoms with E-state index in [1.165, 1.54) is 11.3 Å². The minimum atomic E-state index is -3.36. The van der Waals surface area contributed by atoms with Gasteiger partial charge >= 0.3 is 0 Å². The predicted molar refractivity (Wildman–Crippen MR) is 212 cm³/mol. The molecule has 1 saturated carbocycles. The molecule has 3 amide bonds. The van der Waals surface area contributed by atoms with Crippen molar-refractivity contribution in [1.29, 1.82) is 0 Å². The van der Waals surface area contributed by atoms with Gasteiger partial charge in [-0.25, -0.2) is 17.7 Å². The van der Waals surface area contributed by atoms with Gasteiger partial charge in [0, 0.05) is 72.8 Å². The molecule has 4 N–H and O–H groups in total. The standard InChI is InChI=1S/C39H48ClN7O5S2/c1-25(2)54(51,52)46-13-8-30(9-14-46)47-22-32(26-4-3-5-27(18-26)36(41)48)31-7-6-28(34(40)35(31)47)21-43-37(49)29-19-39(20-29)10-15-45(16-11-39)17-12-42-38(50)33-23-53-24-44-33/h3-7,18,22-25,29-30H,8-17,19-21H2,1-2H3,(H2,41,48)(H,42,50)(H,43,49). The van der Waals surface area contributed by atoms with Crippen molar-refractivity contribution in [2.45, 2.75) is 70.2 Å². The van der Waals surface area contributed by atoms with E-state index < -0.39 is 21.2 Å². The minimum absolute atomic E-state index is 0.00125. The molecule has 2 aliphatic heterocycles. The molecule has 288 valence electrons. The van der Waals surface area contributed by atoms with Gasteiger partial charge in [0.2, 0.25) is 21.8 Å². The molecule has 3 aliphatic rings. The molecular weight excluding hydrogens is 746 g/mol. The van der Waals surface area contributed by atoms with Crippen molar-refractivity contribution < 1.29 is 22.8 Å². The van der Waals surface area contributed by atoms with Crippen molar-refractivity contribution >= 4 is 61.6 Å². The highest BCUT2D eigenvalue weighted by Crippen LogP contribution is 2.52. The number of benzene rings is 2. The molecule has 12 nitrogen and oxygen atoms in total. The van der Waals surface area contributed by atoms with Crippen LogP contribution in [0.15, 0.2) is 53.5 Å². The number of rotatable bonds is 12. The molecule has 0 radical (unpaired) electrons. The smallest absolute Gasteiger partial charge is 0.270 e.